The molecule has 0 bridgehead atoms. The van der Waals surface area contributed by atoms with Gasteiger partial charge in [0.05, 0.1) is 13.2 Å². The van der Waals surface area contributed by atoms with Gasteiger partial charge in [0, 0.05) is 30.6 Å². The molecule has 3 rings (SSSR count). The van der Waals surface area contributed by atoms with Crippen molar-refractivity contribution < 1.29 is 4.74 Å². The Bertz CT molecular complexity index is 679. The minimum absolute atomic E-state index is 0.0324. The second-order valence-electron chi connectivity index (χ2n) is 5.38. The summed E-state index contributed by atoms with van der Waals surface area (Å²) < 4.78 is 6.69. The Morgan fingerprint density at radius 1 is 1.23 bits per heavy atom. The third kappa shape index (κ3) is 3.24. The molecule has 0 unspecified atom stereocenters. The van der Waals surface area contributed by atoms with Crippen LogP contribution in [0.2, 0.25) is 0 Å². The molecule has 0 aliphatic heterocycles. The zero-order chi connectivity index (χ0) is 15.4. The Kier molecular flexibility index (Phi) is 4.32. The van der Waals surface area contributed by atoms with E-state index in [4.69, 9.17) is 4.74 Å². The lowest BCUT2D eigenvalue weighted by atomic mass is 9.91. The highest BCUT2D eigenvalue weighted by Crippen LogP contribution is 2.28. The van der Waals surface area contributed by atoms with Gasteiger partial charge >= 0.3 is 0 Å². The summed E-state index contributed by atoms with van der Waals surface area (Å²) in [4.78, 5) is 20.3. The minimum Gasteiger partial charge on any atom is -0.481 e. The molecule has 0 aromatic carbocycles. The van der Waals surface area contributed by atoms with Crippen LogP contribution in [0.25, 0.3) is 0 Å². The van der Waals surface area contributed by atoms with E-state index in [0.29, 0.717) is 17.9 Å². The average molecular weight is 301 g/mol. The van der Waals surface area contributed by atoms with Gasteiger partial charge < -0.3 is 10.1 Å². The number of nitrogens with one attached hydrogen (secondary N) is 1. The van der Waals surface area contributed by atoms with Gasteiger partial charge in [0.15, 0.2) is 0 Å². The van der Waals surface area contributed by atoms with Gasteiger partial charge in [-0.25, -0.2) is 9.67 Å². The number of anilines is 1. The van der Waals surface area contributed by atoms with E-state index in [0.717, 1.165) is 25.7 Å². The van der Waals surface area contributed by atoms with Gasteiger partial charge in [0.25, 0.3) is 5.56 Å². The summed E-state index contributed by atoms with van der Waals surface area (Å²) >= 11 is 0. The molecule has 0 amide bonds. The van der Waals surface area contributed by atoms with Crippen LogP contribution in [0.5, 0.6) is 5.88 Å². The Morgan fingerprint density at radius 2 is 2.05 bits per heavy atom. The van der Waals surface area contributed by atoms with Crippen LogP contribution in [-0.2, 0) is 0 Å². The lowest BCUT2D eigenvalue weighted by Crippen LogP contribution is -2.33. The molecule has 1 aliphatic carbocycles. The first-order valence-corrected chi connectivity index (χ1v) is 7.43. The van der Waals surface area contributed by atoms with Crippen molar-refractivity contribution in [3.8, 4) is 5.88 Å². The van der Waals surface area contributed by atoms with Crippen LogP contribution in [0.1, 0.15) is 31.7 Å². The number of ether oxygens (including phenoxy) is 1. The van der Waals surface area contributed by atoms with Crippen molar-refractivity contribution in [3.05, 3.63) is 40.9 Å². The van der Waals surface area contributed by atoms with E-state index in [1.54, 1.807) is 42.4 Å². The predicted octanol–water partition coefficient (Wildman–Crippen LogP) is 1.64. The lowest BCUT2D eigenvalue weighted by Gasteiger charge is -2.29. The van der Waals surface area contributed by atoms with Gasteiger partial charge in [-0.15, -0.1) is 0 Å². The fourth-order valence-corrected chi connectivity index (χ4v) is 2.82. The molecule has 2 heterocycles. The van der Waals surface area contributed by atoms with Gasteiger partial charge in [0.2, 0.25) is 11.8 Å². The molecule has 116 valence electrons. The molecule has 2 aromatic heterocycles. The summed E-state index contributed by atoms with van der Waals surface area (Å²) in [5.74, 6) is 1.13. The highest BCUT2D eigenvalue weighted by Gasteiger charge is 2.24. The molecule has 7 heteroatoms. The predicted molar refractivity (Wildman–Crippen MR) is 82.0 cm³/mol. The van der Waals surface area contributed by atoms with Crippen LogP contribution >= 0.6 is 0 Å². The first kappa shape index (κ1) is 14.5. The highest BCUT2D eigenvalue weighted by molar-refractivity contribution is 5.28. The van der Waals surface area contributed by atoms with Gasteiger partial charge in [-0.2, -0.15) is 10.1 Å². The van der Waals surface area contributed by atoms with Gasteiger partial charge in [0.1, 0.15) is 0 Å². The van der Waals surface area contributed by atoms with Crippen molar-refractivity contribution in [2.24, 2.45) is 0 Å². The number of nitrogens with zero attached hydrogens (tertiary/aromatic N) is 4. The maximum Gasteiger partial charge on any atom is 0.266 e. The van der Waals surface area contributed by atoms with E-state index in [9.17, 15) is 4.79 Å². The van der Waals surface area contributed by atoms with Gasteiger partial charge in [-0.1, -0.05) is 0 Å². The number of hydrogen-bond donors (Lipinski definition) is 1. The Morgan fingerprint density at radius 3 is 2.77 bits per heavy atom. The summed E-state index contributed by atoms with van der Waals surface area (Å²) in [6.07, 6.45) is 7.07. The molecule has 0 radical (unpaired) electrons. The van der Waals surface area contributed by atoms with Crippen molar-refractivity contribution in [3.63, 3.8) is 0 Å². The quantitative estimate of drug-likeness (QED) is 0.924. The zero-order valence-corrected chi connectivity index (χ0v) is 12.5. The standard InChI is InChI=1S/C15H19N5O2/c1-22-13-8-10-16-15(19-13)18-11-4-6-12(7-5-11)20-14(21)3-2-9-17-20/h2-3,8-12H,4-7H2,1H3,(H,16,18,19). The fraction of sp³-hybridized carbons (Fsp3) is 0.467. The lowest BCUT2D eigenvalue weighted by molar-refractivity contribution is 0.303. The summed E-state index contributed by atoms with van der Waals surface area (Å²) in [6, 6.07) is 5.43. The van der Waals surface area contributed by atoms with Crippen LogP contribution < -0.4 is 15.6 Å². The van der Waals surface area contributed by atoms with Crippen molar-refractivity contribution in [2.45, 2.75) is 37.8 Å². The molecular weight excluding hydrogens is 282 g/mol. The van der Waals surface area contributed by atoms with Crippen LogP contribution in [0, 0.1) is 0 Å². The fourth-order valence-electron chi connectivity index (χ4n) is 2.82. The first-order chi connectivity index (χ1) is 10.8. The first-order valence-electron chi connectivity index (χ1n) is 7.43. The SMILES string of the molecule is COc1ccnc(NC2CCC(n3ncccc3=O)CC2)n1. The largest absolute Gasteiger partial charge is 0.481 e. The minimum atomic E-state index is -0.0324. The Hall–Kier alpha value is -2.44. The van der Waals surface area contributed by atoms with E-state index >= 15 is 0 Å². The number of aromatic nitrogens is 4. The maximum atomic E-state index is 11.8. The summed E-state index contributed by atoms with van der Waals surface area (Å²) in [6.45, 7) is 0. The van der Waals surface area contributed by atoms with Crippen LogP contribution in [0.15, 0.2) is 35.4 Å². The second kappa shape index (κ2) is 6.55. The van der Waals surface area contributed by atoms with Gasteiger partial charge in [-0.05, 0) is 31.7 Å². The van der Waals surface area contributed by atoms with Crippen LogP contribution in [0.4, 0.5) is 5.95 Å². The highest BCUT2D eigenvalue weighted by atomic mass is 16.5. The van der Waals surface area contributed by atoms with Crippen LogP contribution in [-0.4, -0.2) is 32.9 Å². The topological polar surface area (TPSA) is 81.9 Å². The molecule has 0 atom stereocenters. The molecule has 1 aliphatic rings. The van der Waals surface area contributed by atoms with Crippen molar-refractivity contribution in [2.75, 3.05) is 12.4 Å². The molecule has 7 nitrogen and oxygen atoms in total. The molecule has 1 N–H and O–H groups in total. The van der Waals surface area contributed by atoms with Gasteiger partial charge in [-0.3, -0.25) is 4.79 Å². The summed E-state index contributed by atoms with van der Waals surface area (Å²) in [5.41, 5.74) is -0.0324. The molecule has 1 saturated carbocycles. The average Bonchev–Trinajstić information content (AvgIpc) is 2.56. The number of methoxy groups -OCH3 is 1. The molecule has 22 heavy (non-hydrogen) atoms. The van der Waals surface area contributed by atoms with Crippen molar-refractivity contribution in [1.29, 1.82) is 0 Å². The molecular formula is C15H19N5O2. The van der Waals surface area contributed by atoms with E-state index in [1.165, 1.54) is 0 Å². The number of hydrogen-bond acceptors (Lipinski definition) is 6. The summed E-state index contributed by atoms with van der Waals surface area (Å²) in [7, 11) is 1.59. The summed E-state index contributed by atoms with van der Waals surface area (Å²) in [5, 5.41) is 7.51. The Labute approximate surface area is 128 Å². The Balaban J connectivity index is 1.60. The van der Waals surface area contributed by atoms with Crippen LogP contribution in [0.3, 0.4) is 0 Å². The van der Waals surface area contributed by atoms with Crippen molar-refractivity contribution in [1.82, 2.24) is 19.7 Å². The van der Waals surface area contributed by atoms with E-state index < -0.39 is 0 Å². The second-order valence-corrected chi connectivity index (χ2v) is 5.38. The normalized spacial score (nSPS) is 21.3. The molecule has 2 aromatic rings. The molecule has 0 saturated heterocycles. The molecule has 1 fully saturated rings. The monoisotopic (exact) mass is 301 g/mol. The van der Waals surface area contributed by atoms with Crippen molar-refractivity contribution >= 4 is 5.95 Å². The smallest absolute Gasteiger partial charge is 0.266 e. The molecule has 0 spiro atoms. The third-order valence-electron chi connectivity index (χ3n) is 3.96. The van der Waals surface area contributed by atoms with E-state index in [2.05, 4.69) is 20.4 Å². The van der Waals surface area contributed by atoms with E-state index in [-0.39, 0.29) is 11.6 Å². The zero-order valence-electron chi connectivity index (χ0n) is 12.5. The van der Waals surface area contributed by atoms with E-state index in [1.807, 2.05) is 0 Å². The maximum absolute atomic E-state index is 11.8. The number of rotatable bonds is 4. The third-order valence-corrected chi connectivity index (χ3v) is 3.96.